The number of carbonyl (C=O) groups excluding carboxylic acids is 2. The molecular formula is C19H19FN4O5S. The van der Waals surface area contributed by atoms with Crippen molar-refractivity contribution in [3.63, 3.8) is 0 Å². The van der Waals surface area contributed by atoms with Crippen LogP contribution in [0.4, 0.5) is 4.39 Å². The number of benzene rings is 2. The molecule has 2 aromatic rings. The van der Waals surface area contributed by atoms with Crippen molar-refractivity contribution in [2.75, 3.05) is 14.1 Å². The normalized spacial score (nSPS) is 16.0. The Balaban J connectivity index is 1.59. The molecule has 0 saturated heterocycles. The van der Waals surface area contributed by atoms with E-state index in [2.05, 4.69) is 16.0 Å². The van der Waals surface area contributed by atoms with Crippen LogP contribution in [-0.2, 0) is 19.7 Å². The molecule has 0 saturated carbocycles. The lowest BCUT2D eigenvalue weighted by Gasteiger charge is -2.13. The van der Waals surface area contributed by atoms with Crippen molar-refractivity contribution >= 4 is 27.5 Å². The largest absolute Gasteiger partial charge is 0.382 e. The summed E-state index contributed by atoms with van der Waals surface area (Å²) in [7, 11) is -0.951. The van der Waals surface area contributed by atoms with Crippen molar-refractivity contribution in [1.29, 1.82) is 0 Å². The monoisotopic (exact) mass is 434 g/mol. The van der Waals surface area contributed by atoms with Crippen LogP contribution in [0.25, 0.3) is 0 Å². The van der Waals surface area contributed by atoms with E-state index in [4.69, 9.17) is 4.84 Å². The fourth-order valence-electron chi connectivity index (χ4n) is 2.64. The van der Waals surface area contributed by atoms with Crippen molar-refractivity contribution < 1.29 is 27.2 Å². The van der Waals surface area contributed by atoms with Crippen LogP contribution in [0.2, 0.25) is 0 Å². The Morgan fingerprint density at radius 2 is 1.87 bits per heavy atom. The first-order valence-electron chi connectivity index (χ1n) is 8.80. The number of sulfonamides is 1. The lowest BCUT2D eigenvalue weighted by molar-refractivity contribution is -0.131. The van der Waals surface area contributed by atoms with Crippen LogP contribution in [0.15, 0.2) is 58.6 Å². The zero-order chi connectivity index (χ0) is 21.9. The molecule has 0 aliphatic carbocycles. The number of amides is 2. The molecule has 1 aliphatic heterocycles. The minimum atomic E-state index is -3.71. The molecule has 2 aromatic carbocycles. The average Bonchev–Trinajstić information content (AvgIpc) is 3.22. The summed E-state index contributed by atoms with van der Waals surface area (Å²) in [6.07, 6.45) is -0.897. The number of nitrogens with zero attached hydrogens (tertiary/aromatic N) is 2. The fourth-order valence-corrected chi connectivity index (χ4v) is 3.58. The van der Waals surface area contributed by atoms with Gasteiger partial charge in [-0.1, -0.05) is 23.4 Å². The highest BCUT2D eigenvalue weighted by molar-refractivity contribution is 7.89. The smallest absolute Gasteiger partial charge is 0.282 e. The van der Waals surface area contributed by atoms with Gasteiger partial charge in [-0.3, -0.25) is 20.4 Å². The average molecular weight is 434 g/mol. The first-order valence-corrected chi connectivity index (χ1v) is 10.2. The van der Waals surface area contributed by atoms with Gasteiger partial charge in [-0.15, -0.1) is 0 Å². The third-order valence-electron chi connectivity index (χ3n) is 4.29. The van der Waals surface area contributed by atoms with Gasteiger partial charge in [-0.25, -0.2) is 17.1 Å². The van der Waals surface area contributed by atoms with Gasteiger partial charge in [0.05, 0.1) is 10.6 Å². The highest BCUT2D eigenvalue weighted by Gasteiger charge is 2.29. The number of hydrogen-bond donors (Lipinski definition) is 2. The highest BCUT2D eigenvalue weighted by Crippen LogP contribution is 2.18. The zero-order valence-electron chi connectivity index (χ0n) is 16.1. The summed E-state index contributed by atoms with van der Waals surface area (Å²) in [5.74, 6) is -1.80. The summed E-state index contributed by atoms with van der Waals surface area (Å²) in [5, 5.41) is 3.80. The molecule has 2 amide bonds. The number of hydrazine groups is 1. The second kappa shape index (κ2) is 8.59. The number of carbonyl (C=O) groups is 2. The Morgan fingerprint density at radius 1 is 1.13 bits per heavy atom. The van der Waals surface area contributed by atoms with Gasteiger partial charge < -0.3 is 4.84 Å². The van der Waals surface area contributed by atoms with E-state index in [9.17, 15) is 22.4 Å². The van der Waals surface area contributed by atoms with E-state index in [0.717, 1.165) is 4.31 Å². The molecule has 1 atom stereocenters. The maximum atomic E-state index is 13.3. The molecule has 2 N–H and O–H groups in total. The Hall–Kier alpha value is -3.31. The van der Waals surface area contributed by atoms with E-state index in [0.29, 0.717) is 11.3 Å². The summed E-state index contributed by atoms with van der Waals surface area (Å²) >= 11 is 0. The number of halogens is 1. The molecule has 3 rings (SSSR count). The van der Waals surface area contributed by atoms with Gasteiger partial charge in [-0.05, 0) is 30.3 Å². The van der Waals surface area contributed by atoms with Crippen LogP contribution < -0.4 is 10.9 Å². The summed E-state index contributed by atoms with van der Waals surface area (Å²) in [5.41, 5.74) is 5.37. The second-order valence-corrected chi connectivity index (χ2v) is 8.76. The van der Waals surface area contributed by atoms with E-state index < -0.39 is 33.8 Å². The fraction of sp³-hybridized carbons (Fsp3) is 0.211. The zero-order valence-corrected chi connectivity index (χ0v) is 16.9. The molecule has 1 heterocycles. The molecule has 0 fully saturated rings. The summed E-state index contributed by atoms with van der Waals surface area (Å²) in [4.78, 5) is 29.5. The molecule has 0 aromatic heterocycles. The third kappa shape index (κ3) is 4.63. The molecule has 11 heteroatoms. The maximum absolute atomic E-state index is 13.3. The molecule has 158 valence electrons. The predicted octanol–water partition coefficient (Wildman–Crippen LogP) is 1.03. The number of rotatable bonds is 5. The standard InChI is InChI=1S/C19H19FN4O5S/c1-24(2)30(27,28)15-8-4-6-13(10-15)18(25)21-22-19(26)17-11-16(23-29-17)12-5-3-7-14(20)9-12/h3-10,17H,11H2,1-2H3,(H,21,25)(H,22,26)/t17-/m1/s1. The second-order valence-electron chi connectivity index (χ2n) is 6.61. The third-order valence-corrected chi connectivity index (χ3v) is 6.10. The van der Waals surface area contributed by atoms with Gasteiger partial charge in [0.25, 0.3) is 11.8 Å². The van der Waals surface area contributed by atoms with Gasteiger partial charge in [-0.2, -0.15) is 0 Å². The molecule has 0 bridgehead atoms. The summed E-state index contributed by atoms with van der Waals surface area (Å²) in [6.45, 7) is 0. The van der Waals surface area contributed by atoms with Gasteiger partial charge >= 0.3 is 0 Å². The van der Waals surface area contributed by atoms with E-state index >= 15 is 0 Å². The summed E-state index contributed by atoms with van der Waals surface area (Å²) in [6, 6.07) is 11.1. The maximum Gasteiger partial charge on any atom is 0.282 e. The Bertz CT molecular complexity index is 1120. The predicted molar refractivity (Wildman–Crippen MR) is 105 cm³/mol. The van der Waals surface area contributed by atoms with Gasteiger partial charge in [0.1, 0.15) is 5.82 Å². The molecular weight excluding hydrogens is 415 g/mol. The Labute approximate surface area is 172 Å². The Morgan fingerprint density at radius 3 is 2.57 bits per heavy atom. The summed E-state index contributed by atoms with van der Waals surface area (Å²) < 4.78 is 38.7. The highest BCUT2D eigenvalue weighted by atomic mass is 32.2. The van der Waals surface area contributed by atoms with Crippen LogP contribution in [-0.4, -0.2) is 50.4 Å². The lowest BCUT2D eigenvalue weighted by atomic mass is 10.0. The van der Waals surface area contributed by atoms with E-state index in [1.54, 1.807) is 6.07 Å². The quantitative estimate of drug-likeness (QED) is 0.682. The van der Waals surface area contributed by atoms with Crippen LogP contribution in [0.3, 0.4) is 0 Å². The Kier molecular flexibility index (Phi) is 6.13. The van der Waals surface area contributed by atoms with Crippen molar-refractivity contribution in [3.8, 4) is 0 Å². The number of oxime groups is 1. The first-order chi connectivity index (χ1) is 14.2. The van der Waals surface area contributed by atoms with Crippen LogP contribution in [0, 0.1) is 5.82 Å². The van der Waals surface area contributed by atoms with Crippen molar-refractivity contribution in [2.45, 2.75) is 17.4 Å². The lowest BCUT2D eigenvalue weighted by Crippen LogP contribution is -2.46. The molecule has 0 spiro atoms. The van der Waals surface area contributed by atoms with Crippen molar-refractivity contribution in [2.24, 2.45) is 5.16 Å². The molecule has 30 heavy (non-hydrogen) atoms. The van der Waals surface area contributed by atoms with Crippen LogP contribution >= 0.6 is 0 Å². The first kappa shape index (κ1) is 21.4. The van der Waals surface area contributed by atoms with Gasteiger partial charge in [0.15, 0.2) is 0 Å². The topological polar surface area (TPSA) is 117 Å². The van der Waals surface area contributed by atoms with Crippen molar-refractivity contribution in [3.05, 3.63) is 65.5 Å². The SMILES string of the molecule is CN(C)S(=O)(=O)c1cccc(C(=O)NNC(=O)[C@H]2CC(c3cccc(F)c3)=NO2)c1. The van der Waals surface area contributed by atoms with E-state index in [1.807, 2.05) is 0 Å². The van der Waals surface area contributed by atoms with E-state index in [1.165, 1.54) is 56.6 Å². The molecule has 0 unspecified atom stereocenters. The number of hydrogen-bond acceptors (Lipinski definition) is 6. The van der Waals surface area contributed by atoms with E-state index in [-0.39, 0.29) is 16.9 Å². The van der Waals surface area contributed by atoms with Crippen molar-refractivity contribution in [1.82, 2.24) is 15.2 Å². The molecule has 1 aliphatic rings. The van der Waals surface area contributed by atoms with Crippen LogP contribution in [0.1, 0.15) is 22.3 Å². The van der Waals surface area contributed by atoms with Crippen LogP contribution in [0.5, 0.6) is 0 Å². The van der Waals surface area contributed by atoms with Gasteiger partial charge in [0.2, 0.25) is 16.1 Å². The van der Waals surface area contributed by atoms with Gasteiger partial charge in [0, 0.05) is 31.6 Å². The minimum Gasteiger partial charge on any atom is -0.382 e. The molecule has 9 nitrogen and oxygen atoms in total. The molecule has 0 radical (unpaired) electrons. The minimum absolute atomic E-state index is 0.0438. The number of nitrogens with one attached hydrogen (secondary N) is 2.